The highest BCUT2D eigenvalue weighted by Crippen LogP contribution is 2.19. The molecule has 0 aromatic heterocycles. The molecule has 0 aliphatic carbocycles. The zero-order valence-corrected chi connectivity index (χ0v) is 11.1. The molecule has 1 nitrogen and oxygen atoms in total. The molecule has 0 aliphatic rings. The first kappa shape index (κ1) is 13.2. The summed E-state index contributed by atoms with van der Waals surface area (Å²) in [5, 5.41) is 3.50. The van der Waals surface area contributed by atoms with Gasteiger partial charge in [0.2, 0.25) is 0 Å². The van der Waals surface area contributed by atoms with Gasteiger partial charge in [0, 0.05) is 6.54 Å². The van der Waals surface area contributed by atoms with Crippen LogP contribution in [0.4, 0.5) is 0 Å². The van der Waals surface area contributed by atoms with Crippen molar-refractivity contribution in [1.29, 1.82) is 0 Å². The molecule has 0 heterocycles. The van der Waals surface area contributed by atoms with Crippen LogP contribution >= 0.6 is 0 Å². The molecule has 90 valence electrons. The quantitative estimate of drug-likeness (QED) is 0.740. The Hall–Kier alpha value is -0.820. The molecule has 0 saturated carbocycles. The van der Waals surface area contributed by atoms with E-state index in [1.807, 2.05) is 0 Å². The van der Waals surface area contributed by atoms with Gasteiger partial charge in [-0.3, -0.25) is 0 Å². The fraction of sp³-hybridized carbons (Fsp3) is 0.600. The molecule has 1 N–H and O–H groups in total. The molecule has 0 radical (unpaired) electrons. The maximum atomic E-state index is 3.50. The Labute approximate surface area is 100 Å². The van der Waals surface area contributed by atoms with Gasteiger partial charge < -0.3 is 5.32 Å². The second-order valence-corrected chi connectivity index (χ2v) is 5.83. The third-order valence-corrected chi connectivity index (χ3v) is 2.69. The van der Waals surface area contributed by atoms with Gasteiger partial charge >= 0.3 is 0 Å². The van der Waals surface area contributed by atoms with E-state index in [4.69, 9.17) is 0 Å². The molecule has 0 fully saturated rings. The zero-order chi connectivity index (χ0) is 12.0. The molecule has 16 heavy (non-hydrogen) atoms. The first-order valence-electron chi connectivity index (χ1n) is 6.24. The minimum Gasteiger partial charge on any atom is -0.313 e. The Morgan fingerprint density at radius 2 is 1.94 bits per heavy atom. The van der Waals surface area contributed by atoms with Gasteiger partial charge in [-0.1, -0.05) is 50.6 Å². The van der Waals surface area contributed by atoms with E-state index in [-0.39, 0.29) is 0 Å². The third kappa shape index (κ3) is 5.92. The van der Waals surface area contributed by atoms with E-state index < -0.39 is 0 Å². The van der Waals surface area contributed by atoms with Crippen molar-refractivity contribution in [2.45, 2.75) is 47.1 Å². The number of hydrogen-bond acceptors (Lipinski definition) is 1. The predicted molar refractivity (Wildman–Crippen MR) is 71.6 cm³/mol. The number of rotatable bonds is 5. The van der Waals surface area contributed by atoms with Crippen LogP contribution in [0.2, 0.25) is 0 Å². The third-order valence-electron chi connectivity index (χ3n) is 2.69. The van der Waals surface area contributed by atoms with Crippen molar-refractivity contribution in [2.24, 2.45) is 5.41 Å². The normalized spacial score (nSPS) is 11.8. The summed E-state index contributed by atoms with van der Waals surface area (Å²) in [6.07, 6.45) is 2.54. The van der Waals surface area contributed by atoms with Gasteiger partial charge in [0.25, 0.3) is 0 Å². The second-order valence-electron chi connectivity index (χ2n) is 5.83. The zero-order valence-electron chi connectivity index (χ0n) is 11.1. The van der Waals surface area contributed by atoms with Crippen molar-refractivity contribution in [1.82, 2.24) is 5.32 Å². The van der Waals surface area contributed by atoms with Crippen molar-refractivity contribution in [2.75, 3.05) is 6.54 Å². The van der Waals surface area contributed by atoms with Gasteiger partial charge in [0.05, 0.1) is 0 Å². The van der Waals surface area contributed by atoms with Crippen molar-refractivity contribution in [3.8, 4) is 0 Å². The number of benzene rings is 1. The minimum atomic E-state index is 0.463. The monoisotopic (exact) mass is 219 g/mol. The Balaban J connectivity index is 2.17. The number of hydrogen-bond donors (Lipinski definition) is 1. The molecule has 0 atom stereocenters. The number of aryl methyl sites for hydroxylation is 1. The second kappa shape index (κ2) is 6.05. The summed E-state index contributed by atoms with van der Waals surface area (Å²) >= 11 is 0. The fourth-order valence-corrected chi connectivity index (χ4v) is 1.80. The van der Waals surface area contributed by atoms with Crippen LogP contribution in [-0.4, -0.2) is 6.54 Å². The van der Waals surface area contributed by atoms with E-state index in [0.29, 0.717) is 5.41 Å². The molecular formula is C15H25N. The molecule has 0 saturated heterocycles. The van der Waals surface area contributed by atoms with Gasteiger partial charge in [-0.2, -0.15) is 0 Å². The van der Waals surface area contributed by atoms with Crippen LogP contribution in [0.3, 0.4) is 0 Å². The topological polar surface area (TPSA) is 12.0 Å². The van der Waals surface area contributed by atoms with Crippen molar-refractivity contribution in [3.63, 3.8) is 0 Å². The molecule has 0 spiro atoms. The van der Waals surface area contributed by atoms with Crippen LogP contribution in [0, 0.1) is 12.3 Å². The maximum Gasteiger partial charge on any atom is 0.0205 e. The largest absolute Gasteiger partial charge is 0.313 e. The van der Waals surface area contributed by atoms with Crippen LogP contribution in [0.25, 0.3) is 0 Å². The van der Waals surface area contributed by atoms with Gasteiger partial charge in [-0.25, -0.2) is 0 Å². The number of nitrogens with one attached hydrogen (secondary N) is 1. The predicted octanol–water partition coefficient (Wildman–Crippen LogP) is 3.91. The molecule has 0 bridgehead atoms. The van der Waals surface area contributed by atoms with Gasteiger partial charge in [0.1, 0.15) is 0 Å². The Bertz CT molecular complexity index is 309. The first-order chi connectivity index (χ1) is 7.47. The van der Waals surface area contributed by atoms with Crippen LogP contribution in [0.15, 0.2) is 24.3 Å². The van der Waals surface area contributed by atoms with Gasteiger partial charge in [0.15, 0.2) is 0 Å². The molecule has 1 aromatic carbocycles. The lowest BCUT2D eigenvalue weighted by Crippen LogP contribution is -2.17. The SMILES string of the molecule is Cc1cccc(CNCCCC(C)(C)C)c1. The van der Waals surface area contributed by atoms with E-state index in [1.54, 1.807) is 0 Å². The lowest BCUT2D eigenvalue weighted by atomic mass is 9.91. The Kier molecular flexibility index (Phi) is 5.01. The Morgan fingerprint density at radius 1 is 1.19 bits per heavy atom. The molecule has 1 aromatic rings. The highest BCUT2D eigenvalue weighted by Gasteiger charge is 2.08. The van der Waals surface area contributed by atoms with E-state index in [9.17, 15) is 0 Å². The lowest BCUT2D eigenvalue weighted by Gasteiger charge is -2.17. The summed E-state index contributed by atoms with van der Waals surface area (Å²) in [6, 6.07) is 8.70. The van der Waals surface area contributed by atoms with Gasteiger partial charge in [-0.15, -0.1) is 0 Å². The minimum absolute atomic E-state index is 0.463. The fourth-order valence-electron chi connectivity index (χ4n) is 1.80. The molecule has 1 rings (SSSR count). The summed E-state index contributed by atoms with van der Waals surface area (Å²) < 4.78 is 0. The van der Waals surface area contributed by atoms with Crippen LogP contribution in [-0.2, 0) is 6.54 Å². The lowest BCUT2D eigenvalue weighted by molar-refractivity contribution is 0.361. The van der Waals surface area contributed by atoms with E-state index in [2.05, 4.69) is 57.3 Å². The molecule has 0 aliphatic heterocycles. The van der Waals surface area contributed by atoms with Crippen LogP contribution in [0.5, 0.6) is 0 Å². The summed E-state index contributed by atoms with van der Waals surface area (Å²) in [5.41, 5.74) is 3.19. The molecule has 1 heteroatoms. The maximum absolute atomic E-state index is 3.50. The standard InChI is InChI=1S/C15H25N/c1-13-7-5-8-14(11-13)12-16-10-6-9-15(2,3)4/h5,7-8,11,16H,6,9-10,12H2,1-4H3. The highest BCUT2D eigenvalue weighted by atomic mass is 14.8. The molecular weight excluding hydrogens is 194 g/mol. The van der Waals surface area contributed by atoms with Gasteiger partial charge in [-0.05, 0) is 37.3 Å². The van der Waals surface area contributed by atoms with E-state index in [0.717, 1.165) is 13.1 Å². The Morgan fingerprint density at radius 3 is 2.56 bits per heavy atom. The van der Waals surface area contributed by atoms with Crippen molar-refractivity contribution in [3.05, 3.63) is 35.4 Å². The van der Waals surface area contributed by atoms with E-state index >= 15 is 0 Å². The molecule has 0 unspecified atom stereocenters. The van der Waals surface area contributed by atoms with E-state index in [1.165, 1.54) is 24.0 Å². The summed E-state index contributed by atoms with van der Waals surface area (Å²) in [6.45, 7) is 11.1. The average molecular weight is 219 g/mol. The summed E-state index contributed by atoms with van der Waals surface area (Å²) in [5.74, 6) is 0. The summed E-state index contributed by atoms with van der Waals surface area (Å²) in [7, 11) is 0. The van der Waals surface area contributed by atoms with Crippen molar-refractivity contribution >= 4 is 0 Å². The van der Waals surface area contributed by atoms with Crippen LogP contribution in [0.1, 0.15) is 44.7 Å². The van der Waals surface area contributed by atoms with Crippen molar-refractivity contribution < 1.29 is 0 Å². The average Bonchev–Trinajstić information content (AvgIpc) is 2.15. The van der Waals surface area contributed by atoms with Crippen LogP contribution < -0.4 is 5.32 Å². The smallest absolute Gasteiger partial charge is 0.0205 e. The summed E-state index contributed by atoms with van der Waals surface area (Å²) in [4.78, 5) is 0. The first-order valence-corrected chi connectivity index (χ1v) is 6.24. The molecule has 0 amide bonds. The highest BCUT2D eigenvalue weighted by molar-refractivity contribution is 5.21.